The van der Waals surface area contributed by atoms with Crippen LogP contribution >= 0.6 is 0 Å². The van der Waals surface area contributed by atoms with Crippen LogP contribution in [0.4, 0.5) is 0 Å². The van der Waals surface area contributed by atoms with Gasteiger partial charge in [-0.15, -0.1) is 0 Å². The molecule has 0 N–H and O–H groups in total. The van der Waals surface area contributed by atoms with Crippen molar-refractivity contribution in [2.24, 2.45) is 0 Å². The van der Waals surface area contributed by atoms with Crippen LogP contribution in [0, 0.1) is 0 Å². The first-order valence-electron chi connectivity index (χ1n) is 15.3. The van der Waals surface area contributed by atoms with E-state index in [1.54, 1.807) is 0 Å². The molecule has 0 spiro atoms. The Kier molecular flexibility index (Phi) is 7.40. The van der Waals surface area contributed by atoms with Gasteiger partial charge in [0.1, 0.15) is 0 Å². The van der Waals surface area contributed by atoms with Crippen LogP contribution in [0.3, 0.4) is 0 Å². The maximum atomic E-state index is 6.36. The molecule has 220 valence electrons. The molecule has 6 heteroatoms. The van der Waals surface area contributed by atoms with E-state index in [0.717, 1.165) is 44.4 Å². The molecule has 0 amide bonds. The van der Waals surface area contributed by atoms with Gasteiger partial charge in [-0.25, -0.2) is 15.0 Å². The van der Waals surface area contributed by atoms with E-state index in [1.807, 2.05) is 60.7 Å². The predicted octanol–water partition coefficient (Wildman–Crippen LogP) is 8.51. The zero-order valence-electron chi connectivity index (χ0n) is 25.9. The van der Waals surface area contributed by atoms with Crippen LogP contribution in [0.25, 0.3) is 56.4 Å². The van der Waals surface area contributed by atoms with Gasteiger partial charge in [0.05, 0.1) is 11.2 Å². The molecule has 0 aliphatic carbocycles. The standard InChI is InChI=1S/C39H34BN3O2/c1-38(2)39(3,4)45-40(44-38)30-21-15-20-29(26-30)36-41-35(28-18-9-6-10-19-28)42-37(43-36)34-25-14-13-24-33(34)32-23-12-11-22-31(32)27-16-7-5-8-17-27/h5-26H,1-4H3. The van der Waals surface area contributed by atoms with Gasteiger partial charge >= 0.3 is 7.12 Å². The summed E-state index contributed by atoms with van der Waals surface area (Å²) in [5.74, 6) is 1.81. The Morgan fingerprint density at radius 2 is 0.867 bits per heavy atom. The van der Waals surface area contributed by atoms with Crippen molar-refractivity contribution in [2.45, 2.75) is 38.9 Å². The molecule has 2 heterocycles. The van der Waals surface area contributed by atoms with Crippen molar-refractivity contribution in [1.82, 2.24) is 15.0 Å². The van der Waals surface area contributed by atoms with Gasteiger partial charge in [-0.3, -0.25) is 0 Å². The first kappa shape index (κ1) is 28.8. The number of benzene rings is 5. The minimum absolute atomic E-state index is 0.436. The lowest BCUT2D eigenvalue weighted by atomic mass is 9.78. The molecule has 6 aromatic rings. The third-order valence-electron chi connectivity index (χ3n) is 8.81. The third kappa shape index (κ3) is 5.59. The van der Waals surface area contributed by atoms with E-state index >= 15 is 0 Å². The Labute approximate surface area is 265 Å². The molecule has 1 aliphatic rings. The summed E-state index contributed by atoms with van der Waals surface area (Å²) in [7, 11) is -0.486. The van der Waals surface area contributed by atoms with E-state index in [1.165, 1.54) is 0 Å². The van der Waals surface area contributed by atoms with Crippen molar-refractivity contribution in [3.63, 3.8) is 0 Å². The summed E-state index contributed by atoms with van der Waals surface area (Å²) >= 11 is 0. The molecule has 1 aromatic heterocycles. The fraction of sp³-hybridized carbons (Fsp3) is 0.154. The molecule has 0 radical (unpaired) electrons. The zero-order chi connectivity index (χ0) is 31.0. The van der Waals surface area contributed by atoms with Gasteiger partial charge < -0.3 is 9.31 Å². The second kappa shape index (κ2) is 11.5. The fourth-order valence-electron chi connectivity index (χ4n) is 5.65. The summed E-state index contributed by atoms with van der Waals surface area (Å²) in [6.07, 6.45) is 0. The first-order valence-corrected chi connectivity index (χ1v) is 15.3. The molecule has 1 aliphatic heterocycles. The van der Waals surface area contributed by atoms with Crippen LogP contribution < -0.4 is 5.46 Å². The SMILES string of the molecule is CC1(C)OB(c2cccc(-c3nc(-c4ccccc4)nc(-c4ccccc4-c4ccccc4-c4ccccc4)n3)c2)OC1(C)C. The molecule has 1 saturated heterocycles. The van der Waals surface area contributed by atoms with E-state index in [9.17, 15) is 0 Å². The number of hydrogen-bond donors (Lipinski definition) is 0. The zero-order valence-corrected chi connectivity index (χ0v) is 25.9. The fourth-order valence-corrected chi connectivity index (χ4v) is 5.65. The highest BCUT2D eigenvalue weighted by atomic mass is 16.7. The highest BCUT2D eigenvalue weighted by Crippen LogP contribution is 2.39. The lowest BCUT2D eigenvalue weighted by molar-refractivity contribution is 0.00578. The van der Waals surface area contributed by atoms with Crippen LogP contribution in [-0.2, 0) is 9.31 Å². The Morgan fingerprint density at radius 3 is 1.49 bits per heavy atom. The topological polar surface area (TPSA) is 57.1 Å². The summed E-state index contributed by atoms with van der Waals surface area (Å²) in [6.45, 7) is 8.26. The Hall–Kier alpha value is -4.91. The summed E-state index contributed by atoms with van der Waals surface area (Å²) in [5.41, 5.74) is 7.25. The van der Waals surface area contributed by atoms with Crippen molar-refractivity contribution < 1.29 is 9.31 Å². The molecule has 0 atom stereocenters. The van der Waals surface area contributed by atoms with Crippen molar-refractivity contribution in [1.29, 1.82) is 0 Å². The maximum absolute atomic E-state index is 6.36. The van der Waals surface area contributed by atoms with E-state index in [2.05, 4.69) is 100 Å². The van der Waals surface area contributed by atoms with Crippen molar-refractivity contribution in [3.05, 3.63) is 133 Å². The van der Waals surface area contributed by atoms with Crippen LogP contribution in [-0.4, -0.2) is 33.3 Å². The van der Waals surface area contributed by atoms with Gasteiger partial charge in [0.15, 0.2) is 17.5 Å². The summed E-state index contributed by atoms with van der Waals surface area (Å²) in [4.78, 5) is 15.2. The second-order valence-corrected chi connectivity index (χ2v) is 12.3. The van der Waals surface area contributed by atoms with Crippen LogP contribution in [0.1, 0.15) is 27.7 Å². The van der Waals surface area contributed by atoms with Crippen molar-refractivity contribution in [3.8, 4) is 56.4 Å². The highest BCUT2D eigenvalue weighted by Gasteiger charge is 2.51. The van der Waals surface area contributed by atoms with Crippen LogP contribution in [0.15, 0.2) is 133 Å². The number of rotatable bonds is 6. The van der Waals surface area contributed by atoms with Crippen molar-refractivity contribution in [2.75, 3.05) is 0 Å². The number of hydrogen-bond acceptors (Lipinski definition) is 5. The highest BCUT2D eigenvalue weighted by molar-refractivity contribution is 6.62. The minimum atomic E-state index is -0.486. The summed E-state index contributed by atoms with van der Waals surface area (Å²) in [5, 5.41) is 0. The van der Waals surface area contributed by atoms with E-state index in [0.29, 0.717) is 17.5 Å². The molecule has 0 unspecified atom stereocenters. The van der Waals surface area contributed by atoms with Gasteiger partial charge in [0.25, 0.3) is 0 Å². The summed E-state index contributed by atoms with van der Waals surface area (Å²) < 4.78 is 12.7. The smallest absolute Gasteiger partial charge is 0.399 e. The lowest BCUT2D eigenvalue weighted by Gasteiger charge is -2.32. The lowest BCUT2D eigenvalue weighted by Crippen LogP contribution is -2.41. The molecule has 0 bridgehead atoms. The van der Waals surface area contributed by atoms with Gasteiger partial charge in [-0.1, -0.05) is 133 Å². The molecular formula is C39H34BN3O2. The van der Waals surface area contributed by atoms with Gasteiger partial charge in [-0.2, -0.15) is 0 Å². The average Bonchev–Trinajstić information content (AvgIpc) is 3.31. The molecule has 7 rings (SSSR count). The first-order chi connectivity index (χ1) is 21.8. The molecule has 0 saturated carbocycles. The number of aromatic nitrogens is 3. The molecular weight excluding hydrogens is 553 g/mol. The number of nitrogens with zero attached hydrogens (tertiary/aromatic N) is 3. The Bertz CT molecular complexity index is 1960. The predicted molar refractivity (Wildman–Crippen MR) is 183 cm³/mol. The Morgan fingerprint density at radius 1 is 0.422 bits per heavy atom. The molecule has 5 nitrogen and oxygen atoms in total. The summed E-state index contributed by atoms with van der Waals surface area (Å²) in [6, 6.07) is 45.5. The monoisotopic (exact) mass is 587 g/mol. The molecule has 1 fully saturated rings. The van der Waals surface area contributed by atoms with Crippen molar-refractivity contribution >= 4 is 12.6 Å². The normalized spacial score (nSPS) is 15.2. The molecule has 5 aromatic carbocycles. The van der Waals surface area contributed by atoms with Crippen LogP contribution in [0.2, 0.25) is 0 Å². The second-order valence-electron chi connectivity index (χ2n) is 12.3. The van der Waals surface area contributed by atoms with Gasteiger partial charge in [0, 0.05) is 16.7 Å². The van der Waals surface area contributed by atoms with Gasteiger partial charge in [0.2, 0.25) is 0 Å². The van der Waals surface area contributed by atoms with E-state index < -0.39 is 18.3 Å². The van der Waals surface area contributed by atoms with Crippen LogP contribution in [0.5, 0.6) is 0 Å². The third-order valence-corrected chi connectivity index (χ3v) is 8.81. The average molecular weight is 588 g/mol. The largest absolute Gasteiger partial charge is 0.494 e. The molecule has 45 heavy (non-hydrogen) atoms. The van der Waals surface area contributed by atoms with E-state index in [4.69, 9.17) is 24.3 Å². The minimum Gasteiger partial charge on any atom is -0.399 e. The maximum Gasteiger partial charge on any atom is 0.494 e. The van der Waals surface area contributed by atoms with Gasteiger partial charge in [-0.05, 0) is 55.4 Å². The Balaban J connectivity index is 1.38. The van der Waals surface area contributed by atoms with E-state index in [-0.39, 0.29) is 0 Å². The quantitative estimate of drug-likeness (QED) is 0.183.